The molecule has 21 heavy (non-hydrogen) atoms. The van der Waals surface area contributed by atoms with Crippen molar-refractivity contribution in [2.45, 2.75) is 78.5 Å². The Morgan fingerprint density at radius 2 is 1.76 bits per heavy atom. The van der Waals surface area contributed by atoms with Gasteiger partial charge in [0.05, 0.1) is 5.60 Å². The first-order valence-corrected chi connectivity index (χ1v) is 8.16. The van der Waals surface area contributed by atoms with Crippen LogP contribution in [0.15, 0.2) is 0 Å². The highest BCUT2D eigenvalue weighted by Crippen LogP contribution is 2.22. The lowest BCUT2D eigenvalue weighted by molar-refractivity contribution is -0.140. The smallest absolute Gasteiger partial charge is 0.227 e. The summed E-state index contributed by atoms with van der Waals surface area (Å²) in [6, 6.07) is 0.937. The number of nitrogens with zero attached hydrogens (tertiary/aromatic N) is 1. The lowest BCUT2D eigenvalue weighted by Crippen LogP contribution is -2.50. The van der Waals surface area contributed by atoms with Gasteiger partial charge in [-0.3, -0.25) is 4.79 Å². The van der Waals surface area contributed by atoms with Gasteiger partial charge < -0.3 is 15.0 Å². The molecule has 124 valence electrons. The zero-order valence-corrected chi connectivity index (χ0v) is 15.0. The molecule has 1 heterocycles. The van der Waals surface area contributed by atoms with Crippen LogP contribution in [0.4, 0.5) is 0 Å². The highest BCUT2D eigenvalue weighted by Gasteiger charge is 2.31. The molecule has 1 unspecified atom stereocenters. The van der Waals surface area contributed by atoms with Gasteiger partial charge in [0.2, 0.25) is 5.91 Å². The Morgan fingerprint density at radius 1 is 1.24 bits per heavy atom. The molecular formula is C17H34N2O2. The van der Waals surface area contributed by atoms with Gasteiger partial charge in [0.15, 0.2) is 0 Å². The summed E-state index contributed by atoms with van der Waals surface area (Å²) < 4.78 is 5.49. The number of methoxy groups -OCH3 is 1. The number of ether oxygens (including phenoxy) is 1. The van der Waals surface area contributed by atoms with Crippen LogP contribution in [0.25, 0.3) is 0 Å². The molecule has 1 amide bonds. The number of carbonyl (C=O) groups excluding carboxylic acids is 1. The van der Waals surface area contributed by atoms with Crippen molar-refractivity contribution in [1.29, 1.82) is 0 Å². The van der Waals surface area contributed by atoms with Crippen molar-refractivity contribution in [2.24, 2.45) is 5.41 Å². The van der Waals surface area contributed by atoms with Crippen molar-refractivity contribution in [1.82, 2.24) is 10.2 Å². The number of carbonyl (C=O) groups is 1. The number of piperidine rings is 1. The Hall–Kier alpha value is -0.610. The van der Waals surface area contributed by atoms with Crippen LogP contribution in [-0.4, -0.2) is 48.7 Å². The van der Waals surface area contributed by atoms with Crippen LogP contribution in [0.1, 0.15) is 60.8 Å². The molecule has 1 aliphatic rings. The molecule has 0 aromatic rings. The Bertz CT molecular complexity index is 339. The fourth-order valence-corrected chi connectivity index (χ4v) is 3.01. The van der Waals surface area contributed by atoms with Crippen LogP contribution in [0.3, 0.4) is 0 Å². The second-order valence-corrected chi connectivity index (χ2v) is 8.05. The third-order valence-electron chi connectivity index (χ3n) is 4.29. The fraction of sp³-hybridized carbons (Fsp3) is 0.941. The summed E-state index contributed by atoms with van der Waals surface area (Å²) in [4.78, 5) is 14.3. The molecule has 1 N–H and O–H groups in total. The molecule has 0 aliphatic carbocycles. The molecule has 0 aromatic heterocycles. The van der Waals surface area contributed by atoms with Crippen molar-refractivity contribution >= 4 is 5.91 Å². The van der Waals surface area contributed by atoms with Gasteiger partial charge in [0, 0.05) is 37.7 Å². The van der Waals surface area contributed by atoms with Gasteiger partial charge in [0.25, 0.3) is 0 Å². The van der Waals surface area contributed by atoms with E-state index >= 15 is 0 Å². The minimum Gasteiger partial charge on any atom is -0.379 e. The SMILES string of the molecule is COC(C)(C)CC(C)NC1CCN(C(=O)C(C)(C)C)CC1. The number of rotatable bonds is 5. The average molecular weight is 298 g/mol. The van der Waals surface area contributed by atoms with Gasteiger partial charge in [-0.15, -0.1) is 0 Å². The molecule has 0 radical (unpaired) electrons. The summed E-state index contributed by atoms with van der Waals surface area (Å²) in [5.41, 5.74) is -0.356. The van der Waals surface area contributed by atoms with Crippen molar-refractivity contribution in [3.8, 4) is 0 Å². The maximum atomic E-state index is 12.3. The molecule has 0 saturated carbocycles. The summed E-state index contributed by atoms with van der Waals surface area (Å²) in [6.07, 6.45) is 3.07. The summed E-state index contributed by atoms with van der Waals surface area (Å²) in [6.45, 7) is 14.2. The molecule has 0 aromatic carbocycles. The number of likely N-dealkylation sites (tertiary alicyclic amines) is 1. The largest absolute Gasteiger partial charge is 0.379 e. The molecule has 1 fully saturated rings. The normalized spacial score (nSPS) is 19.7. The van der Waals surface area contributed by atoms with E-state index in [0.717, 1.165) is 32.4 Å². The monoisotopic (exact) mass is 298 g/mol. The molecule has 1 rings (SSSR count). The molecule has 0 bridgehead atoms. The van der Waals surface area contributed by atoms with Crippen LogP contribution in [0.2, 0.25) is 0 Å². The summed E-state index contributed by atoms with van der Waals surface area (Å²) in [7, 11) is 1.77. The Kier molecular flexibility index (Phi) is 6.23. The van der Waals surface area contributed by atoms with E-state index in [9.17, 15) is 4.79 Å². The molecular weight excluding hydrogens is 264 g/mol. The zero-order valence-electron chi connectivity index (χ0n) is 15.0. The molecule has 1 atom stereocenters. The van der Waals surface area contributed by atoms with Gasteiger partial charge in [0.1, 0.15) is 0 Å². The third-order valence-corrected chi connectivity index (χ3v) is 4.29. The van der Waals surface area contributed by atoms with E-state index in [2.05, 4.69) is 26.1 Å². The molecule has 1 aliphatic heterocycles. The predicted molar refractivity (Wildman–Crippen MR) is 87.4 cm³/mol. The number of hydrogen-bond acceptors (Lipinski definition) is 3. The second kappa shape index (κ2) is 7.10. The van der Waals surface area contributed by atoms with Gasteiger partial charge in [-0.25, -0.2) is 0 Å². The Labute approximate surface area is 130 Å². The van der Waals surface area contributed by atoms with E-state index < -0.39 is 0 Å². The summed E-state index contributed by atoms with van der Waals surface area (Å²) in [5.74, 6) is 0.273. The summed E-state index contributed by atoms with van der Waals surface area (Å²) in [5, 5.41) is 3.69. The van der Waals surface area contributed by atoms with Crippen molar-refractivity contribution in [2.75, 3.05) is 20.2 Å². The average Bonchev–Trinajstić information content (AvgIpc) is 2.37. The van der Waals surface area contributed by atoms with Crippen LogP contribution in [0, 0.1) is 5.41 Å². The van der Waals surface area contributed by atoms with Gasteiger partial charge in [-0.05, 0) is 40.0 Å². The standard InChI is InChI=1S/C17H34N2O2/c1-13(12-17(5,6)21-7)18-14-8-10-19(11-9-14)15(20)16(2,3)4/h13-14,18H,8-12H2,1-7H3. The highest BCUT2D eigenvalue weighted by molar-refractivity contribution is 5.81. The van der Waals surface area contributed by atoms with Gasteiger partial charge in [-0.2, -0.15) is 0 Å². The van der Waals surface area contributed by atoms with E-state index in [1.165, 1.54) is 0 Å². The lowest BCUT2D eigenvalue weighted by atomic mass is 9.92. The Balaban J connectivity index is 2.39. The van der Waals surface area contributed by atoms with Crippen molar-refractivity contribution in [3.05, 3.63) is 0 Å². The van der Waals surface area contributed by atoms with Crippen LogP contribution in [0.5, 0.6) is 0 Å². The minimum atomic E-state index is -0.268. The lowest BCUT2D eigenvalue weighted by Gasteiger charge is -2.37. The maximum absolute atomic E-state index is 12.3. The van der Waals surface area contributed by atoms with E-state index in [1.807, 2.05) is 25.7 Å². The van der Waals surface area contributed by atoms with E-state index in [-0.39, 0.29) is 16.9 Å². The van der Waals surface area contributed by atoms with Gasteiger partial charge >= 0.3 is 0 Å². The molecule has 1 saturated heterocycles. The van der Waals surface area contributed by atoms with E-state index in [1.54, 1.807) is 7.11 Å². The topological polar surface area (TPSA) is 41.6 Å². The number of amides is 1. The molecule has 4 nitrogen and oxygen atoms in total. The van der Waals surface area contributed by atoms with Gasteiger partial charge in [-0.1, -0.05) is 20.8 Å². The maximum Gasteiger partial charge on any atom is 0.227 e. The van der Waals surface area contributed by atoms with E-state index in [4.69, 9.17) is 4.74 Å². The van der Waals surface area contributed by atoms with Crippen LogP contribution >= 0.6 is 0 Å². The highest BCUT2D eigenvalue weighted by atomic mass is 16.5. The first kappa shape index (κ1) is 18.4. The molecule has 0 spiro atoms. The summed E-state index contributed by atoms with van der Waals surface area (Å²) >= 11 is 0. The van der Waals surface area contributed by atoms with Crippen molar-refractivity contribution in [3.63, 3.8) is 0 Å². The Morgan fingerprint density at radius 3 is 2.19 bits per heavy atom. The third kappa shape index (κ3) is 5.95. The first-order valence-electron chi connectivity index (χ1n) is 8.16. The zero-order chi connectivity index (χ0) is 16.3. The van der Waals surface area contributed by atoms with Crippen LogP contribution < -0.4 is 5.32 Å². The second-order valence-electron chi connectivity index (χ2n) is 8.05. The van der Waals surface area contributed by atoms with Crippen LogP contribution in [-0.2, 0) is 9.53 Å². The van der Waals surface area contributed by atoms with Crippen molar-refractivity contribution < 1.29 is 9.53 Å². The quantitative estimate of drug-likeness (QED) is 0.848. The number of nitrogens with one attached hydrogen (secondary N) is 1. The number of hydrogen-bond donors (Lipinski definition) is 1. The molecule has 4 heteroatoms. The minimum absolute atomic E-state index is 0.0880. The fourth-order valence-electron chi connectivity index (χ4n) is 3.01. The predicted octanol–water partition coefficient (Wildman–Crippen LogP) is 2.82. The first-order chi connectivity index (χ1) is 9.55. The van der Waals surface area contributed by atoms with E-state index in [0.29, 0.717) is 12.1 Å².